The topological polar surface area (TPSA) is 36.9 Å². The molecule has 422 valence electrons. The summed E-state index contributed by atoms with van der Waals surface area (Å²) in [5, 5.41) is 2.13. The fraction of sp³-hybridized carbons (Fsp3) is 0.500. The fourth-order valence-corrected chi connectivity index (χ4v) is 13.7. The Labute approximate surface area is 478 Å². The van der Waals surface area contributed by atoms with Crippen molar-refractivity contribution >= 4 is 27.4 Å². The number of rotatable bonds is 35. The summed E-state index contributed by atoms with van der Waals surface area (Å²) in [6, 6.07) is 36.0. The Morgan fingerprint density at radius 1 is 0.244 bits per heavy atom. The summed E-state index contributed by atoms with van der Waals surface area (Å²) in [6.07, 6.45) is 26.7. The van der Waals surface area contributed by atoms with Gasteiger partial charge in [-0.05, 0) is 257 Å². The molecule has 6 aromatic rings. The lowest BCUT2D eigenvalue weighted by molar-refractivity contribution is 0.490. The zero-order chi connectivity index (χ0) is 55.8. The molecular formula is C72H100O4P2. The van der Waals surface area contributed by atoms with Crippen LogP contribution in [0.25, 0.3) is 11.1 Å². The third-order valence-corrected chi connectivity index (χ3v) is 18.8. The van der Waals surface area contributed by atoms with E-state index in [1.807, 2.05) is 0 Å². The summed E-state index contributed by atoms with van der Waals surface area (Å²) in [5.74, 6) is 3.89. The first-order valence-electron chi connectivity index (χ1n) is 31.0. The van der Waals surface area contributed by atoms with Gasteiger partial charge in [0, 0.05) is 0 Å². The van der Waals surface area contributed by atoms with E-state index in [-0.39, 0.29) is 0 Å². The molecule has 78 heavy (non-hydrogen) atoms. The van der Waals surface area contributed by atoms with Gasteiger partial charge in [-0.3, -0.25) is 0 Å². The first kappa shape index (κ1) is 62.6. The normalized spacial score (nSPS) is 11.5. The van der Waals surface area contributed by atoms with Crippen molar-refractivity contribution in [2.75, 3.05) is 0 Å². The fourth-order valence-electron chi connectivity index (χ4n) is 11.0. The van der Waals surface area contributed by atoms with Crippen LogP contribution in [0.15, 0.2) is 97.1 Å². The van der Waals surface area contributed by atoms with Gasteiger partial charge in [0.15, 0.2) is 0 Å². The van der Waals surface area contributed by atoms with Gasteiger partial charge >= 0.3 is 16.8 Å². The third-order valence-electron chi connectivity index (χ3n) is 15.9. The van der Waals surface area contributed by atoms with E-state index in [1.54, 1.807) is 0 Å². The molecule has 6 heteroatoms. The average Bonchev–Trinajstić information content (AvgIpc) is 3.48. The highest BCUT2D eigenvalue weighted by Gasteiger charge is 2.27. The molecular weight excluding hydrogens is 991 g/mol. The number of aryl methyl sites for hydroxylation is 4. The predicted molar refractivity (Wildman–Crippen MR) is 341 cm³/mol. The van der Waals surface area contributed by atoms with Crippen molar-refractivity contribution in [3.63, 3.8) is 0 Å². The Hall–Kier alpha value is -4.62. The molecule has 0 saturated heterocycles. The second-order valence-corrected chi connectivity index (χ2v) is 24.9. The van der Waals surface area contributed by atoms with Gasteiger partial charge in [0.05, 0.1) is 10.6 Å². The average molecular weight is 1090 g/mol. The second-order valence-electron chi connectivity index (χ2n) is 22.2. The number of unbranched alkanes of at least 4 members (excludes halogenated alkanes) is 8. The van der Waals surface area contributed by atoms with Crippen LogP contribution in [-0.2, 0) is 51.4 Å². The molecule has 6 rings (SSSR count). The van der Waals surface area contributed by atoms with Crippen molar-refractivity contribution in [3.8, 4) is 34.1 Å². The minimum atomic E-state index is -1.55. The van der Waals surface area contributed by atoms with E-state index in [9.17, 15) is 0 Å². The lowest BCUT2D eigenvalue weighted by atomic mass is 9.93. The molecule has 4 nitrogen and oxygen atoms in total. The van der Waals surface area contributed by atoms with Gasteiger partial charge in [0.25, 0.3) is 0 Å². The molecule has 0 N–H and O–H groups in total. The summed E-state index contributed by atoms with van der Waals surface area (Å²) in [5.41, 5.74) is 19.0. The van der Waals surface area contributed by atoms with E-state index in [0.29, 0.717) is 0 Å². The maximum absolute atomic E-state index is 7.35. The Bertz CT molecular complexity index is 2410. The molecule has 0 heterocycles. The SMILES string of the molecule is CCCCc1c(C)ccc(OP(Oc2ccc(C)c(CCCC)c2CCCC)c2ccc(-c3ccc(P(Oc4ccc(C)c(CCCC)c4CCCC)Oc4ccc(C)c(CCCC)c4CCCC)cc3)cc2)c1CCCC. The quantitative estimate of drug-likeness (QED) is 0.0372. The van der Waals surface area contributed by atoms with E-state index in [2.05, 4.69) is 180 Å². The summed E-state index contributed by atoms with van der Waals surface area (Å²) in [6.45, 7) is 27.4. The minimum Gasteiger partial charge on any atom is -0.435 e. The lowest BCUT2D eigenvalue weighted by Crippen LogP contribution is -2.13. The number of benzene rings is 6. The smallest absolute Gasteiger partial charge is 0.326 e. The summed E-state index contributed by atoms with van der Waals surface area (Å²) in [4.78, 5) is 0. The highest BCUT2D eigenvalue weighted by atomic mass is 31.2. The molecule has 6 aromatic carbocycles. The molecule has 0 saturated carbocycles. The van der Waals surface area contributed by atoms with Crippen molar-refractivity contribution < 1.29 is 18.1 Å². The summed E-state index contributed by atoms with van der Waals surface area (Å²) in [7, 11) is -3.09. The Morgan fingerprint density at radius 3 is 0.628 bits per heavy atom. The van der Waals surface area contributed by atoms with Gasteiger partial charge in [0.2, 0.25) is 0 Å². The van der Waals surface area contributed by atoms with E-state index in [4.69, 9.17) is 18.1 Å². The first-order chi connectivity index (χ1) is 38.0. The van der Waals surface area contributed by atoms with Gasteiger partial charge < -0.3 is 18.1 Å². The van der Waals surface area contributed by atoms with E-state index in [0.717, 1.165) is 147 Å². The predicted octanol–water partition coefficient (Wildman–Crippen LogP) is 21.5. The molecule has 0 spiro atoms. The van der Waals surface area contributed by atoms with Crippen LogP contribution < -0.4 is 28.7 Å². The Morgan fingerprint density at radius 2 is 0.436 bits per heavy atom. The van der Waals surface area contributed by atoms with Crippen molar-refractivity contribution in [3.05, 3.63) is 164 Å². The molecule has 0 aliphatic rings. The molecule has 0 radical (unpaired) electrons. The molecule has 0 bridgehead atoms. The molecule has 0 atom stereocenters. The zero-order valence-electron chi connectivity index (χ0n) is 50.7. The Balaban J connectivity index is 1.42. The summed E-state index contributed by atoms with van der Waals surface area (Å²) < 4.78 is 29.4. The van der Waals surface area contributed by atoms with Crippen LogP contribution in [0.4, 0.5) is 0 Å². The second kappa shape index (κ2) is 33.2. The van der Waals surface area contributed by atoms with Crippen molar-refractivity contribution in [2.45, 2.75) is 237 Å². The largest absolute Gasteiger partial charge is 0.435 e. The molecule has 0 fully saturated rings. The van der Waals surface area contributed by atoms with Crippen LogP contribution in [0.1, 0.15) is 225 Å². The van der Waals surface area contributed by atoms with E-state index in [1.165, 1.54) is 118 Å². The van der Waals surface area contributed by atoms with Gasteiger partial charge in [-0.15, -0.1) is 0 Å². The van der Waals surface area contributed by atoms with Crippen LogP contribution in [0.5, 0.6) is 23.0 Å². The van der Waals surface area contributed by atoms with Crippen molar-refractivity contribution in [2.24, 2.45) is 0 Å². The van der Waals surface area contributed by atoms with Gasteiger partial charge in [-0.2, -0.15) is 0 Å². The summed E-state index contributed by atoms with van der Waals surface area (Å²) >= 11 is 0. The first-order valence-corrected chi connectivity index (χ1v) is 33.4. The van der Waals surface area contributed by atoms with Crippen LogP contribution >= 0.6 is 16.8 Å². The molecule has 0 aliphatic carbocycles. The standard InChI is InChI=1S/C72H100O4P2/c1-13-21-29-61-53(9)37-49-69(65(61)33-25-17-5)73-77(74-70-50-38-54(10)62(30-22-14-2)66(70)34-26-18-6)59-45-41-57(42-46-59)58-43-47-60(48-44-58)78(75-71-51-39-55(11)63(31-23-15-3)67(71)35-27-19-7)76-72-52-40-56(12)64(32-24-16-4)68(72)36-28-20-8/h37-52H,13-36H2,1-12H3. The maximum Gasteiger partial charge on any atom is 0.326 e. The van der Waals surface area contributed by atoms with Crippen LogP contribution in [0.3, 0.4) is 0 Å². The molecule has 0 unspecified atom stereocenters. The molecule has 0 aromatic heterocycles. The highest BCUT2D eigenvalue weighted by molar-refractivity contribution is 7.57. The van der Waals surface area contributed by atoms with Crippen LogP contribution in [0, 0.1) is 27.7 Å². The minimum absolute atomic E-state index is 0.973. The Kier molecular flexibility index (Phi) is 26.6. The molecule has 0 aliphatic heterocycles. The zero-order valence-corrected chi connectivity index (χ0v) is 52.5. The number of hydrogen-bond donors (Lipinski definition) is 0. The van der Waals surface area contributed by atoms with E-state index < -0.39 is 16.8 Å². The lowest BCUT2D eigenvalue weighted by Gasteiger charge is -2.25. The third kappa shape index (κ3) is 17.2. The maximum atomic E-state index is 7.35. The van der Waals surface area contributed by atoms with Gasteiger partial charge in [0.1, 0.15) is 23.0 Å². The van der Waals surface area contributed by atoms with Gasteiger partial charge in [-0.1, -0.05) is 155 Å². The van der Waals surface area contributed by atoms with Crippen LogP contribution in [-0.4, -0.2) is 0 Å². The van der Waals surface area contributed by atoms with Crippen LogP contribution in [0.2, 0.25) is 0 Å². The monoisotopic (exact) mass is 1090 g/mol. The van der Waals surface area contributed by atoms with Gasteiger partial charge in [-0.25, -0.2) is 0 Å². The van der Waals surface area contributed by atoms with Crippen molar-refractivity contribution in [1.82, 2.24) is 0 Å². The van der Waals surface area contributed by atoms with E-state index >= 15 is 0 Å². The molecule has 0 amide bonds. The number of hydrogen-bond acceptors (Lipinski definition) is 4. The van der Waals surface area contributed by atoms with Crippen molar-refractivity contribution in [1.29, 1.82) is 0 Å². The highest BCUT2D eigenvalue weighted by Crippen LogP contribution is 2.47.